The molecule has 0 aromatic carbocycles. The Bertz CT molecular complexity index is 465. The van der Waals surface area contributed by atoms with Crippen LogP contribution in [0.2, 0.25) is 0 Å². The Morgan fingerprint density at radius 3 is 2.46 bits per heavy atom. The van der Waals surface area contributed by atoms with Crippen LogP contribution in [-0.2, 0) is 14.4 Å². The molecule has 0 aromatic rings. The van der Waals surface area contributed by atoms with Gasteiger partial charge in [-0.05, 0) is 31.6 Å². The molecule has 0 spiro atoms. The lowest BCUT2D eigenvalue weighted by Crippen LogP contribution is -2.24. The smallest absolute Gasteiger partial charge is 0.303 e. The average Bonchev–Trinajstić information content (AvgIpc) is 2.86. The number of carboxylic acids is 1. The molecule has 6 heteroatoms. The highest BCUT2D eigenvalue weighted by molar-refractivity contribution is 5.85. The molecule has 1 saturated carbocycles. The van der Waals surface area contributed by atoms with Crippen LogP contribution in [0.4, 0.5) is 4.39 Å². The van der Waals surface area contributed by atoms with E-state index in [2.05, 4.69) is 0 Å². The molecule has 1 unspecified atom stereocenters. The lowest BCUT2D eigenvalue weighted by Gasteiger charge is -2.21. The van der Waals surface area contributed by atoms with E-state index in [0.717, 1.165) is 25.7 Å². The number of alkyl halides is 1. The molecule has 5 nitrogen and oxygen atoms in total. The number of Topliss-reactive ketones (excluding diaryl/α,β-unsaturated/α-hetero) is 2. The van der Waals surface area contributed by atoms with E-state index in [0.29, 0.717) is 25.7 Å². The Kier molecular flexibility index (Phi) is 10.6. The number of carbonyl (C=O) groups excluding carboxylic acids is 2. The molecule has 1 aliphatic carbocycles. The zero-order valence-electron chi connectivity index (χ0n) is 15.8. The number of halogens is 1. The lowest BCUT2D eigenvalue weighted by molar-refractivity contribution is -0.137. The van der Waals surface area contributed by atoms with Crippen LogP contribution in [-0.4, -0.2) is 40.0 Å². The van der Waals surface area contributed by atoms with Crippen molar-refractivity contribution in [2.24, 2.45) is 11.8 Å². The van der Waals surface area contributed by atoms with Crippen molar-refractivity contribution in [2.45, 2.75) is 96.2 Å². The van der Waals surface area contributed by atoms with E-state index in [1.165, 1.54) is 0 Å². The van der Waals surface area contributed by atoms with Crippen LogP contribution in [0.25, 0.3) is 0 Å². The summed E-state index contributed by atoms with van der Waals surface area (Å²) < 4.78 is 13.8. The van der Waals surface area contributed by atoms with Crippen molar-refractivity contribution in [2.75, 3.05) is 0 Å². The Morgan fingerprint density at radius 1 is 1.12 bits per heavy atom. The number of unbranched alkanes of at least 4 members (excludes halogenated alkanes) is 4. The molecule has 1 fully saturated rings. The Morgan fingerprint density at radius 2 is 1.81 bits per heavy atom. The maximum Gasteiger partial charge on any atom is 0.303 e. The summed E-state index contributed by atoms with van der Waals surface area (Å²) in [5, 5.41) is 18.7. The molecule has 4 atom stereocenters. The highest BCUT2D eigenvalue weighted by Gasteiger charge is 2.40. The summed E-state index contributed by atoms with van der Waals surface area (Å²) in [6.07, 6.45) is 4.07. The van der Waals surface area contributed by atoms with Gasteiger partial charge in [0, 0.05) is 25.2 Å². The molecule has 1 aliphatic rings. The predicted molar refractivity (Wildman–Crippen MR) is 96.6 cm³/mol. The molecule has 0 aromatic heterocycles. The third-order valence-electron chi connectivity index (χ3n) is 5.38. The monoisotopic (exact) mass is 372 g/mol. The maximum absolute atomic E-state index is 13.8. The number of aliphatic hydroxyl groups is 1. The number of aliphatic hydroxyl groups excluding tert-OH is 1. The second-order valence-electron chi connectivity index (χ2n) is 7.47. The van der Waals surface area contributed by atoms with Crippen molar-refractivity contribution in [1.29, 1.82) is 0 Å². The molecule has 0 saturated heterocycles. The van der Waals surface area contributed by atoms with Gasteiger partial charge in [-0.25, -0.2) is 4.39 Å². The lowest BCUT2D eigenvalue weighted by atomic mass is 9.85. The molecule has 26 heavy (non-hydrogen) atoms. The third kappa shape index (κ3) is 7.94. The van der Waals surface area contributed by atoms with Gasteiger partial charge in [0.25, 0.3) is 0 Å². The minimum absolute atomic E-state index is 0.0308. The minimum Gasteiger partial charge on any atom is -0.481 e. The van der Waals surface area contributed by atoms with Crippen molar-refractivity contribution >= 4 is 17.5 Å². The molecular weight excluding hydrogens is 339 g/mol. The van der Waals surface area contributed by atoms with E-state index in [4.69, 9.17) is 5.11 Å². The van der Waals surface area contributed by atoms with Gasteiger partial charge in [-0.2, -0.15) is 0 Å². The first-order valence-corrected chi connectivity index (χ1v) is 9.96. The van der Waals surface area contributed by atoms with Crippen molar-refractivity contribution in [1.82, 2.24) is 0 Å². The second-order valence-corrected chi connectivity index (χ2v) is 7.47. The number of aliphatic carboxylic acids is 1. The van der Waals surface area contributed by atoms with Gasteiger partial charge in [-0.3, -0.25) is 14.4 Å². The van der Waals surface area contributed by atoms with Gasteiger partial charge in [0.05, 0.1) is 6.10 Å². The first kappa shape index (κ1) is 22.7. The van der Waals surface area contributed by atoms with Crippen LogP contribution in [0.3, 0.4) is 0 Å². The standard InChI is InChI=1S/C20H33FO5/c1-2-3-9-16(21)17(22)12-11-15-14(18(23)13-19(15)24)8-6-4-5-7-10-20(25)26/h14-16,19,24H,2-13H2,1H3,(H,25,26)/t14-,15-,16?,19-/m1/s1. The van der Waals surface area contributed by atoms with Gasteiger partial charge in [-0.15, -0.1) is 0 Å². The normalized spacial score (nSPS) is 24.0. The summed E-state index contributed by atoms with van der Waals surface area (Å²) in [4.78, 5) is 34.5. The van der Waals surface area contributed by atoms with Crippen molar-refractivity contribution in [3.63, 3.8) is 0 Å². The van der Waals surface area contributed by atoms with E-state index in [1.807, 2.05) is 6.92 Å². The van der Waals surface area contributed by atoms with E-state index < -0.39 is 24.0 Å². The summed E-state index contributed by atoms with van der Waals surface area (Å²) >= 11 is 0. The largest absolute Gasteiger partial charge is 0.481 e. The molecule has 2 N–H and O–H groups in total. The fourth-order valence-electron chi connectivity index (χ4n) is 3.79. The van der Waals surface area contributed by atoms with Crippen LogP contribution >= 0.6 is 0 Å². The zero-order valence-corrected chi connectivity index (χ0v) is 15.8. The van der Waals surface area contributed by atoms with Crippen molar-refractivity contribution in [3.8, 4) is 0 Å². The van der Waals surface area contributed by atoms with Crippen LogP contribution < -0.4 is 0 Å². The topological polar surface area (TPSA) is 91.7 Å². The van der Waals surface area contributed by atoms with Crippen LogP contribution in [0, 0.1) is 11.8 Å². The fraction of sp³-hybridized carbons (Fsp3) is 0.850. The molecular formula is C20H33FO5. The SMILES string of the molecule is CCCCC(F)C(=O)CC[C@H]1[C@H](O)CC(=O)[C@@H]1CCCCCCC(=O)O. The summed E-state index contributed by atoms with van der Waals surface area (Å²) in [5.74, 6) is -1.70. The van der Waals surface area contributed by atoms with Crippen LogP contribution in [0.15, 0.2) is 0 Å². The number of ketones is 2. The van der Waals surface area contributed by atoms with Gasteiger partial charge >= 0.3 is 5.97 Å². The Balaban J connectivity index is 2.38. The van der Waals surface area contributed by atoms with E-state index in [-0.39, 0.29) is 43.3 Å². The van der Waals surface area contributed by atoms with E-state index in [9.17, 15) is 23.9 Å². The summed E-state index contributed by atoms with van der Waals surface area (Å²) in [6, 6.07) is 0. The van der Waals surface area contributed by atoms with Crippen molar-refractivity contribution in [3.05, 3.63) is 0 Å². The molecule has 1 rings (SSSR count). The van der Waals surface area contributed by atoms with Crippen LogP contribution in [0.5, 0.6) is 0 Å². The van der Waals surface area contributed by atoms with Gasteiger partial charge < -0.3 is 10.2 Å². The number of carboxylic acid groups (broad SMARTS) is 1. The summed E-state index contributed by atoms with van der Waals surface area (Å²) in [6.45, 7) is 1.95. The first-order valence-electron chi connectivity index (χ1n) is 9.96. The highest BCUT2D eigenvalue weighted by atomic mass is 19.1. The Hall–Kier alpha value is -1.30. The van der Waals surface area contributed by atoms with Gasteiger partial charge in [-0.1, -0.05) is 39.0 Å². The number of hydrogen-bond donors (Lipinski definition) is 2. The quantitative estimate of drug-likeness (QED) is 0.452. The molecule has 0 amide bonds. The van der Waals surface area contributed by atoms with Gasteiger partial charge in [0.15, 0.2) is 12.0 Å². The summed E-state index contributed by atoms with van der Waals surface area (Å²) in [5.41, 5.74) is 0. The number of rotatable bonds is 14. The van der Waals surface area contributed by atoms with E-state index >= 15 is 0 Å². The number of carbonyl (C=O) groups is 3. The third-order valence-corrected chi connectivity index (χ3v) is 5.38. The van der Waals surface area contributed by atoms with Crippen LogP contribution in [0.1, 0.15) is 84.0 Å². The van der Waals surface area contributed by atoms with E-state index in [1.54, 1.807) is 0 Å². The molecule has 0 heterocycles. The van der Waals surface area contributed by atoms with Gasteiger partial charge in [0.2, 0.25) is 0 Å². The highest BCUT2D eigenvalue weighted by Crippen LogP contribution is 2.36. The molecule has 0 bridgehead atoms. The fourth-order valence-corrected chi connectivity index (χ4v) is 3.79. The minimum atomic E-state index is -1.43. The second kappa shape index (κ2) is 12.2. The average molecular weight is 372 g/mol. The first-order chi connectivity index (χ1) is 12.4. The maximum atomic E-state index is 13.8. The van der Waals surface area contributed by atoms with Gasteiger partial charge in [0.1, 0.15) is 5.78 Å². The molecule has 0 aliphatic heterocycles. The molecule has 0 radical (unpaired) electrons. The zero-order chi connectivity index (χ0) is 19.5. The molecule has 150 valence electrons. The predicted octanol–water partition coefficient (Wildman–Crippen LogP) is 3.86. The van der Waals surface area contributed by atoms with Crippen molar-refractivity contribution < 1.29 is 29.0 Å². The Labute approximate surface area is 155 Å². The number of hydrogen-bond acceptors (Lipinski definition) is 4. The summed E-state index contributed by atoms with van der Waals surface area (Å²) in [7, 11) is 0.